The summed E-state index contributed by atoms with van der Waals surface area (Å²) in [4.78, 5) is 0. The summed E-state index contributed by atoms with van der Waals surface area (Å²) in [5, 5.41) is 3.30. The number of sulfonamides is 1. The van der Waals surface area contributed by atoms with Crippen LogP contribution < -0.4 is 5.32 Å². The smallest absolute Gasteiger partial charge is 0.211 e. The molecule has 0 fully saturated rings. The molecule has 0 aromatic heterocycles. The fourth-order valence-electron chi connectivity index (χ4n) is 2.23. The van der Waals surface area contributed by atoms with E-state index in [0.29, 0.717) is 31.6 Å². The van der Waals surface area contributed by atoms with Gasteiger partial charge in [-0.15, -0.1) is 0 Å². The molecule has 4 nitrogen and oxygen atoms in total. The van der Waals surface area contributed by atoms with Gasteiger partial charge in [0.05, 0.1) is 6.26 Å². The highest BCUT2D eigenvalue weighted by molar-refractivity contribution is 7.88. The van der Waals surface area contributed by atoms with Crippen molar-refractivity contribution in [2.24, 2.45) is 0 Å². The van der Waals surface area contributed by atoms with Gasteiger partial charge in [0, 0.05) is 19.1 Å². The maximum Gasteiger partial charge on any atom is 0.211 e. The Labute approximate surface area is 127 Å². The van der Waals surface area contributed by atoms with Crippen molar-refractivity contribution in [3.8, 4) is 0 Å². The standard InChI is InChI=1S/C15H25FN2O2S/c1-4-18(21(3,19)20)11-7-10-17-13(2)12-14-8-5-6-9-15(14)16/h5-6,8-9,13,17H,4,7,10-12H2,1-3H3. The molecule has 0 aliphatic carbocycles. The maximum atomic E-state index is 13.5. The van der Waals surface area contributed by atoms with Gasteiger partial charge in [-0.2, -0.15) is 0 Å². The average Bonchev–Trinajstić information content (AvgIpc) is 2.40. The average molecular weight is 316 g/mol. The predicted molar refractivity (Wildman–Crippen MR) is 84.3 cm³/mol. The van der Waals surface area contributed by atoms with Crippen LogP contribution in [0.25, 0.3) is 0 Å². The molecular formula is C15H25FN2O2S. The molecule has 0 saturated carbocycles. The van der Waals surface area contributed by atoms with Crippen LogP contribution in [0.1, 0.15) is 25.8 Å². The molecule has 21 heavy (non-hydrogen) atoms. The quantitative estimate of drug-likeness (QED) is 0.709. The Kier molecular flexibility index (Phi) is 7.28. The van der Waals surface area contributed by atoms with Gasteiger partial charge in [-0.25, -0.2) is 17.1 Å². The Morgan fingerprint density at radius 2 is 2.00 bits per heavy atom. The molecule has 6 heteroatoms. The molecule has 1 unspecified atom stereocenters. The van der Waals surface area contributed by atoms with Gasteiger partial charge >= 0.3 is 0 Å². The zero-order valence-corrected chi connectivity index (χ0v) is 13.8. The molecule has 0 radical (unpaired) electrons. The van der Waals surface area contributed by atoms with Crippen molar-refractivity contribution in [1.82, 2.24) is 9.62 Å². The Balaban J connectivity index is 2.31. The minimum atomic E-state index is -3.11. The number of hydrogen-bond acceptors (Lipinski definition) is 3. The Morgan fingerprint density at radius 1 is 1.33 bits per heavy atom. The summed E-state index contributed by atoms with van der Waals surface area (Å²) < 4.78 is 37.8. The summed E-state index contributed by atoms with van der Waals surface area (Å²) in [5.41, 5.74) is 0.698. The minimum Gasteiger partial charge on any atom is -0.314 e. The van der Waals surface area contributed by atoms with E-state index in [1.807, 2.05) is 19.9 Å². The topological polar surface area (TPSA) is 49.4 Å². The van der Waals surface area contributed by atoms with Gasteiger partial charge in [0.2, 0.25) is 10.0 Å². The van der Waals surface area contributed by atoms with Crippen molar-refractivity contribution >= 4 is 10.0 Å². The van der Waals surface area contributed by atoms with E-state index in [-0.39, 0.29) is 11.9 Å². The number of hydrogen-bond donors (Lipinski definition) is 1. The first-order valence-electron chi connectivity index (χ1n) is 7.26. The van der Waals surface area contributed by atoms with Crippen LogP contribution in [-0.2, 0) is 16.4 Å². The van der Waals surface area contributed by atoms with Crippen molar-refractivity contribution in [2.75, 3.05) is 25.9 Å². The lowest BCUT2D eigenvalue weighted by Gasteiger charge is -2.19. The molecule has 0 saturated heterocycles. The Bertz CT molecular complexity index is 534. The van der Waals surface area contributed by atoms with E-state index in [2.05, 4.69) is 5.32 Å². The zero-order valence-electron chi connectivity index (χ0n) is 13.0. The van der Waals surface area contributed by atoms with Gasteiger partial charge in [-0.3, -0.25) is 0 Å². The first-order chi connectivity index (χ1) is 9.84. The van der Waals surface area contributed by atoms with Crippen LogP contribution in [0.15, 0.2) is 24.3 Å². The van der Waals surface area contributed by atoms with Crippen LogP contribution in [0.5, 0.6) is 0 Å². The summed E-state index contributed by atoms with van der Waals surface area (Å²) in [7, 11) is -3.11. The summed E-state index contributed by atoms with van der Waals surface area (Å²) >= 11 is 0. The summed E-state index contributed by atoms with van der Waals surface area (Å²) in [5.74, 6) is -0.180. The van der Waals surface area contributed by atoms with E-state index in [1.54, 1.807) is 12.1 Å². The van der Waals surface area contributed by atoms with E-state index in [4.69, 9.17) is 0 Å². The van der Waals surface area contributed by atoms with E-state index in [9.17, 15) is 12.8 Å². The van der Waals surface area contributed by atoms with Crippen LogP contribution in [-0.4, -0.2) is 44.7 Å². The molecule has 1 rings (SSSR count). The fraction of sp³-hybridized carbons (Fsp3) is 0.600. The second-order valence-electron chi connectivity index (χ2n) is 5.26. The van der Waals surface area contributed by atoms with Crippen molar-refractivity contribution in [1.29, 1.82) is 0 Å². The molecule has 1 N–H and O–H groups in total. The third-order valence-corrected chi connectivity index (χ3v) is 4.76. The number of nitrogens with one attached hydrogen (secondary N) is 1. The highest BCUT2D eigenvalue weighted by atomic mass is 32.2. The van der Waals surface area contributed by atoms with Crippen molar-refractivity contribution in [3.63, 3.8) is 0 Å². The van der Waals surface area contributed by atoms with Crippen LogP contribution >= 0.6 is 0 Å². The van der Waals surface area contributed by atoms with Crippen LogP contribution in [0.2, 0.25) is 0 Å². The summed E-state index contributed by atoms with van der Waals surface area (Å²) in [6.07, 6.45) is 2.59. The lowest BCUT2D eigenvalue weighted by atomic mass is 10.1. The normalized spacial score (nSPS) is 13.6. The number of rotatable bonds is 9. The lowest BCUT2D eigenvalue weighted by molar-refractivity contribution is 0.411. The van der Waals surface area contributed by atoms with Gasteiger partial charge in [-0.05, 0) is 37.9 Å². The third kappa shape index (κ3) is 6.54. The monoisotopic (exact) mass is 316 g/mol. The Morgan fingerprint density at radius 3 is 2.57 bits per heavy atom. The molecule has 0 spiro atoms. The largest absolute Gasteiger partial charge is 0.314 e. The number of nitrogens with zero attached hydrogens (tertiary/aromatic N) is 1. The molecule has 0 amide bonds. The third-order valence-electron chi connectivity index (χ3n) is 3.38. The molecule has 1 aromatic carbocycles. The van der Waals surface area contributed by atoms with Gasteiger partial charge in [0.1, 0.15) is 5.82 Å². The SMILES string of the molecule is CCN(CCCNC(C)Cc1ccccc1F)S(C)(=O)=O. The molecule has 0 aliphatic rings. The number of benzene rings is 1. The molecular weight excluding hydrogens is 291 g/mol. The minimum absolute atomic E-state index is 0.148. The molecule has 1 aromatic rings. The second-order valence-corrected chi connectivity index (χ2v) is 7.24. The molecule has 0 bridgehead atoms. The van der Waals surface area contributed by atoms with Crippen LogP contribution in [0.3, 0.4) is 0 Å². The second kappa shape index (κ2) is 8.46. The molecule has 1 atom stereocenters. The molecule has 0 aliphatic heterocycles. The lowest BCUT2D eigenvalue weighted by Crippen LogP contribution is -2.34. The van der Waals surface area contributed by atoms with E-state index < -0.39 is 10.0 Å². The summed E-state index contributed by atoms with van der Waals surface area (Å²) in [6, 6.07) is 6.91. The van der Waals surface area contributed by atoms with Crippen molar-refractivity contribution < 1.29 is 12.8 Å². The van der Waals surface area contributed by atoms with Crippen LogP contribution in [0.4, 0.5) is 4.39 Å². The zero-order chi connectivity index (χ0) is 15.9. The maximum absolute atomic E-state index is 13.5. The van der Waals surface area contributed by atoms with E-state index in [0.717, 1.165) is 6.42 Å². The van der Waals surface area contributed by atoms with E-state index in [1.165, 1.54) is 16.6 Å². The van der Waals surface area contributed by atoms with Crippen LogP contribution in [0, 0.1) is 5.82 Å². The number of halogens is 1. The predicted octanol–water partition coefficient (Wildman–Crippen LogP) is 2.02. The first kappa shape index (κ1) is 18.1. The van der Waals surface area contributed by atoms with Crippen molar-refractivity contribution in [2.45, 2.75) is 32.7 Å². The summed E-state index contributed by atoms with van der Waals surface area (Å²) in [6.45, 7) is 5.54. The molecule has 0 heterocycles. The van der Waals surface area contributed by atoms with Gasteiger partial charge in [0.15, 0.2) is 0 Å². The van der Waals surface area contributed by atoms with Gasteiger partial charge in [-0.1, -0.05) is 25.1 Å². The highest BCUT2D eigenvalue weighted by Crippen LogP contribution is 2.09. The highest BCUT2D eigenvalue weighted by Gasteiger charge is 2.13. The fourth-order valence-corrected chi connectivity index (χ4v) is 3.16. The van der Waals surface area contributed by atoms with Gasteiger partial charge in [0.25, 0.3) is 0 Å². The molecule has 120 valence electrons. The Hall–Kier alpha value is -0.980. The van der Waals surface area contributed by atoms with Crippen molar-refractivity contribution in [3.05, 3.63) is 35.6 Å². The first-order valence-corrected chi connectivity index (χ1v) is 9.11. The van der Waals surface area contributed by atoms with E-state index >= 15 is 0 Å². The van der Waals surface area contributed by atoms with Gasteiger partial charge < -0.3 is 5.32 Å².